The number of fused-ring (bicyclic) bond motifs is 1. The van der Waals surface area contributed by atoms with E-state index in [-0.39, 0.29) is 18.8 Å². The first-order chi connectivity index (χ1) is 11.7. The molecule has 1 aromatic heterocycles. The highest BCUT2D eigenvalue weighted by molar-refractivity contribution is 5.85. The zero-order valence-electron chi connectivity index (χ0n) is 14.3. The SMILES string of the molecule is CC[C@H](O)[C@H]1CCCCN1C[C@@H](O)COc1cccc2[nH]ccc12. The summed E-state index contributed by atoms with van der Waals surface area (Å²) in [5.74, 6) is 0.789. The summed E-state index contributed by atoms with van der Waals surface area (Å²) >= 11 is 0. The largest absolute Gasteiger partial charge is 0.490 e. The Bertz CT molecular complexity index is 642. The average molecular weight is 332 g/mol. The van der Waals surface area contributed by atoms with Gasteiger partial charge in [-0.25, -0.2) is 0 Å². The number of hydrogen-bond acceptors (Lipinski definition) is 4. The van der Waals surface area contributed by atoms with E-state index in [1.54, 1.807) is 0 Å². The molecule has 5 nitrogen and oxygen atoms in total. The van der Waals surface area contributed by atoms with E-state index in [0.29, 0.717) is 6.54 Å². The maximum Gasteiger partial charge on any atom is 0.128 e. The van der Waals surface area contributed by atoms with Crippen molar-refractivity contribution < 1.29 is 14.9 Å². The van der Waals surface area contributed by atoms with Crippen LogP contribution in [0.15, 0.2) is 30.5 Å². The normalized spacial score (nSPS) is 21.7. The molecule has 0 radical (unpaired) electrons. The predicted molar refractivity (Wildman–Crippen MR) is 95.3 cm³/mol. The fourth-order valence-corrected chi connectivity index (χ4v) is 3.64. The number of aromatic amines is 1. The van der Waals surface area contributed by atoms with Gasteiger partial charge in [-0.2, -0.15) is 0 Å². The highest BCUT2D eigenvalue weighted by atomic mass is 16.5. The number of rotatable bonds is 7. The van der Waals surface area contributed by atoms with Crippen LogP contribution in [-0.2, 0) is 0 Å². The van der Waals surface area contributed by atoms with Gasteiger partial charge in [-0.1, -0.05) is 19.4 Å². The second kappa shape index (κ2) is 8.01. The predicted octanol–water partition coefficient (Wildman–Crippen LogP) is 2.53. The number of β-amino-alcohol motifs (C(OH)–C–C–N with tert-alkyl or cyclic N) is 1. The molecule has 1 aromatic carbocycles. The number of aromatic nitrogens is 1. The quantitative estimate of drug-likeness (QED) is 0.729. The lowest BCUT2D eigenvalue weighted by molar-refractivity contribution is -0.00988. The maximum absolute atomic E-state index is 10.4. The molecule has 3 N–H and O–H groups in total. The molecule has 0 bridgehead atoms. The van der Waals surface area contributed by atoms with Gasteiger partial charge in [-0.05, 0) is 44.0 Å². The van der Waals surface area contributed by atoms with Crippen molar-refractivity contribution in [2.45, 2.75) is 50.9 Å². The zero-order valence-corrected chi connectivity index (χ0v) is 14.3. The van der Waals surface area contributed by atoms with Gasteiger partial charge in [0, 0.05) is 29.7 Å². The Morgan fingerprint density at radius 2 is 2.17 bits per heavy atom. The van der Waals surface area contributed by atoms with Crippen LogP contribution in [-0.4, -0.2) is 58.0 Å². The van der Waals surface area contributed by atoms with Crippen molar-refractivity contribution in [2.75, 3.05) is 19.7 Å². The van der Waals surface area contributed by atoms with Crippen molar-refractivity contribution in [3.63, 3.8) is 0 Å². The molecule has 0 saturated carbocycles. The second-order valence-electron chi connectivity index (χ2n) is 6.69. The Balaban J connectivity index is 1.56. The number of benzene rings is 1. The van der Waals surface area contributed by atoms with Gasteiger partial charge in [0.2, 0.25) is 0 Å². The smallest absolute Gasteiger partial charge is 0.128 e. The Hall–Kier alpha value is -1.56. The Morgan fingerprint density at radius 1 is 1.29 bits per heavy atom. The summed E-state index contributed by atoms with van der Waals surface area (Å²) in [5, 5.41) is 21.6. The van der Waals surface area contributed by atoms with E-state index in [1.165, 1.54) is 0 Å². The molecule has 24 heavy (non-hydrogen) atoms. The molecule has 2 heterocycles. The maximum atomic E-state index is 10.4. The number of ether oxygens (including phenoxy) is 1. The standard InChI is InChI=1S/C19H28N2O3/c1-2-18(23)17-7-3-4-11-21(17)12-14(22)13-24-19-8-5-6-16-15(19)9-10-20-16/h5-6,8-10,14,17-18,20,22-23H,2-4,7,11-13H2,1H3/t14-,17-,18+/m1/s1. The van der Waals surface area contributed by atoms with Crippen molar-refractivity contribution in [3.8, 4) is 5.75 Å². The van der Waals surface area contributed by atoms with Gasteiger partial charge < -0.3 is 19.9 Å². The first-order valence-electron chi connectivity index (χ1n) is 8.98. The van der Waals surface area contributed by atoms with Gasteiger partial charge in [0.1, 0.15) is 18.5 Å². The fourth-order valence-electron chi connectivity index (χ4n) is 3.64. The van der Waals surface area contributed by atoms with Crippen LogP contribution in [0.5, 0.6) is 5.75 Å². The van der Waals surface area contributed by atoms with Gasteiger partial charge >= 0.3 is 0 Å². The first kappa shape index (κ1) is 17.3. The molecule has 0 amide bonds. The van der Waals surface area contributed by atoms with Gasteiger partial charge in [0.25, 0.3) is 0 Å². The molecule has 0 spiro atoms. The minimum absolute atomic E-state index is 0.159. The molecule has 3 atom stereocenters. The van der Waals surface area contributed by atoms with Crippen LogP contribution in [0.25, 0.3) is 10.9 Å². The molecule has 0 unspecified atom stereocenters. The van der Waals surface area contributed by atoms with Crippen molar-refractivity contribution in [3.05, 3.63) is 30.5 Å². The van der Waals surface area contributed by atoms with E-state index < -0.39 is 6.10 Å². The molecule has 5 heteroatoms. The van der Waals surface area contributed by atoms with E-state index in [4.69, 9.17) is 4.74 Å². The lowest BCUT2D eigenvalue weighted by atomic mass is 9.95. The van der Waals surface area contributed by atoms with E-state index in [0.717, 1.165) is 48.9 Å². The average Bonchev–Trinajstić information content (AvgIpc) is 3.09. The highest BCUT2D eigenvalue weighted by Gasteiger charge is 2.29. The van der Waals surface area contributed by atoms with Crippen LogP contribution in [0.2, 0.25) is 0 Å². The molecule has 1 fully saturated rings. The van der Waals surface area contributed by atoms with Crippen molar-refractivity contribution in [1.82, 2.24) is 9.88 Å². The molecular weight excluding hydrogens is 304 g/mol. The Kier molecular flexibility index (Phi) is 5.76. The molecule has 2 aromatic rings. The first-order valence-corrected chi connectivity index (χ1v) is 8.98. The summed E-state index contributed by atoms with van der Waals surface area (Å²) < 4.78 is 5.84. The number of hydrogen-bond donors (Lipinski definition) is 3. The second-order valence-corrected chi connectivity index (χ2v) is 6.69. The van der Waals surface area contributed by atoms with Gasteiger partial charge in [0.05, 0.1) is 6.10 Å². The minimum Gasteiger partial charge on any atom is -0.490 e. The zero-order chi connectivity index (χ0) is 16.9. The number of aliphatic hydroxyl groups excluding tert-OH is 2. The topological polar surface area (TPSA) is 68.7 Å². The summed E-state index contributed by atoms with van der Waals surface area (Å²) in [7, 11) is 0. The minimum atomic E-state index is -0.566. The Labute approximate surface area is 143 Å². The fraction of sp³-hybridized carbons (Fsp3) is 0.579. The van der Waals surface area contributed by atoms with E-state index in [9.17, 15) is 10.2 Å². The Morgan fingerprint density at radius 3 is 3.00 bits per heavy atom. The molecule has 3 rings (SSSR count). The van der Waals surface area contributed by atoms with Crippen LogP contribution in [0.4, 0.5) is 0 Å². The van der Waals surface area contributed by atoms with Crippen LogP contribution in [0.3, 0.4) is 0 Å². The number of nitrogens with one attached hydrogen (secondary N) is 1. The van der Waals surface area contributed by atoms with Crippen LogP contribution in [0, 0.1) is 0 Å². The van der Waals surface area contributed by atoms with Gasteiger partial charge in [-0.15, -0.1) is 0 Å². The summed E-state index contributed by atoms with van der Waals surface area (Å²) in [6, 6.07) is 8.01. The van der Waals surface area contributed by atoms with Crippen LogP contribution in [0.1, 0.15) is 32.6 Å². The molecule has 0 aliphatic carbocycles. The number of aliphatic hydroxyl groups is 2. The molecule has 132 valence electrons. The third kappa shape index (κ3) is 3.91. The number of likely N-dealkylation sites (tertiary alicyclic amines) is 1. The monoisotopic (exact) mass is 332 g/mol. The third-order valence-corrected chi connectivity index (χ3v) is 4.96. The molecule has 1 aliphatic rings. The summed E-state index contributed by atoms with van der Waals surface area (Å²) in [6.45, 7) is 3.75. The van der Waals surface area contributed by atoms with Crippen LogP contribution >= 0.6 is 0 Å². The van der Waals surface area contributed by atoms with Crippen molar-refractivity contribution in [1.29, 1.82) is 0 Å². The molecular formula is C19H28N2O3. The third-order valence-electron chi connectivity index (χ3n) is 4.96. The van der Waals surface area contributed by atoms with Crippen LogP contribution < -0.4 is 4.74 Å². The lowest BCUT2D eigenvalue weighted by Crippen LogP contribution is -2.50. The summed E-state index contributed by atoms with van der Waals surface area (Å²) in [4.78, 5) is 5.38. The van der Waals surface area contributed by atoms with E-state index >= 15 is 0 Å². The van der Waals surface area contributed by atoms with Crippen molar-refractivity contribution in [2.24, 2.45) is 0 Å². The molecule has 1 aliphatic heterocycles. The number of piperidine rings is 1. The number of H-pyrrole nitrogens is 1. The highest BCUT2D eigenvalue weighted by Crippen LogP contribution is 2.25. The van der Waals surface area contributed by atoms with Gasteiger partial charge in [0.15, 0.2) is 0 Å². The summed E-state index contributed by atoms with van der Waals surface area (Å²) in [6.07, 6.45) is 5.05. The van der Waals surface area contributed by atoms with Crippen molar-refractivity contribution >= 4 is 10.9 Å². The molecule has 1 saturated heterocycles. The van der Waals surface area contributed by atoms with E-state index in [2.05, 4.69) is 9.88 Å². The van der Waals surface area contributed by atoms with Gasteiger partial charge in [-0.3, -0.25) is 4.90 Å². The number of nitrogens with zero attached hydrogens (tertiary/aromatic N) is 1. The van der Waals surface area contributed by atoms with E-state index in [1.807, 2.05) is 37.4 Å². The summed E-state index contributed by atoms with van der Waals surface area (Å²) in [5.41, 5.74) is 1.03. The lowest BCUT2D eigenvalue weighted by Gasteiger charge is -2.39.